The molecule has 0 saturated carbocycles. The van der Waals surface area contributed by atoms with E-state index in [1.54, 1.807) is 6.92 Å². The Kier molecular flexibility index (Phi) is 4.07. The van der Waals surface area contributed by atoms with Crippen molar-refractivity contribution in [1.82, 2.24) is 9.80 Å². The quantitative estimate of drug-likeness (QED) is 0.597. The highest BCUT2D eigenvalue weighted by Crippen LogP contribution is 2.43. The Morgan fingerprint density at radius 3 is 2.60 bits per heavy atom. The van der Waals surface area contributed by atoms with Crippen LogP contribution >= 0.6 is 0 Å². The maximum atomic E-state index is 14.0. The van der Waals surface area contributed by atoms with Gasteiger partial charge in [0.05, 0.1) is 0 Å². The summed E-state index contributed by atoms with van der Waals surface area (Å²) >= 11 is 0. The van der Waals surface area contributed by atoms with Crippen LogP contribution in [0.25, 0.3) is 0 Å². The van der Waals surface area contributed by atoms with Crippen molar-refractivity contribution in [1.29, 1.82) is 0 Å². The zero-order valence-corrected chi connectivity index (χ0v) is 12.7. The molecule has 1 aliphatic carbocycles. The van der Waals surface area contributed by atoms with Gasteiger partial charge in [-0.2, -0.15) is 0 Å². The molecule has 0 radical (unpaired) electrons. The lowest BCUT2D eigenvalue weighted by molar-refractivity contribution is 0.0441. The molecule has 1 aliphatic heterocycles. The molecule has 3 N–H and O–H groups in total. The lowest BCUT2D eigenvalue weighted by atomic mass is 9.89. The summed E-state index contributed by atoms with van der Waals surface area (Å²) in [5.74, 6) is -0.167. The van der Waals surface area contributed by atoms with E-state index in [1.807, 2.05) is 25.9 Å². The summed E-state index contributed by atoms with van der Waals surface area (Å²) in [6.07, 6.45) is 0.960. The van der Waals surface area contributed by atoms with Crippen molar-refractivity contribution >= 4 is 5.96 Å². The highest BCUT2D eigenvalue weighted by molar-refractivity contribution is 5.80. The molecule has 6 heteroatoms. The fourth-order valence-electron chi connectivity index (χ4n) is 2.85. The van der Waals surface area contributed by atoms with Gasteiger partial charge in [0.1, 0.15) is 17.1 Å². The number of nitrogens with zero attached hydrogens (tertiary/aromatic N) is 3. The van der Waals surface area contributed by atoms with Crippen molar-refractivity contribution in [3.05, 3.63) is 11.5 Å². The molecule has 0 amide bonds. The Labute approximate surface area is 119 Å². The van der Waals surface area contributed by atoms with Gasteiger partial charge in [0.2, 0.25) is 0 Å². The average molecular weight is 284 g/mol. The van der Waals surface area contributed by atoms with Gasteiger partial charge in [-0.05, 0) is 33.4 Å². The number of allylic oxidation sites excluding steroid dienone is 1. The highest BCUT2D eigenvalue weighted by atomic mass is 19.1. The minimum Gasteiger partial charge on any atom is -0.383 e. The molecule has 20 heavy (non-hydrogen) atoms. The Hall–Kier alpha value is -1.14. The molecule has 2 aliphatic rings. The first-order valence-corrected chi connectivity index (χ1v) is 7.14. The Morgan fingerprint density at radius 2 is 2.15 bits per heavy atom. The summed E-state index contributed by atoms with van der Waals surface area (Å²) in [5.41, 5.74) is 4.82. The van der Waals surface area contributed by atoms with Crippen LogP contribution in [-0.2, 0) is 0 Å². The maximum Gasteiger partial charge on any atom is 0.196 e. The standard InChI is InChI=1S/C14H25FN4O/c1-5-9-6-11(15)12(14(9,2)20)17-13(16)19-7-10(8-19)18(3)4/h9-10,20H,5-8H2,1-4H3,(H2,16,17)/t9-,14?/m1/s1. The van der Waals surface area contributed by atoms with E-state index in [9.17, 15) is 9.50 Å². The molecule has 2 rings (SSSR count). The predicted octanol–water partition coefficient (Wildman–Crippen LogP) is 0.909. The number of aliphatic hydroxyl groups is 1. The average Bonchev–Trinajstić information content (AvgIpc) is 2.49. The van der Waals surface area contributed by atoms with E-state index >= 15 is 0 Å². The van der Waals surface area contributed by atoms with E-state index in [2.05, 4.69) is 9.89 Å². The largest absolute Gasteiger partial charge is 0.383 e. The minimum atomic E-state index is -1.23. The van der Waals surface area contributed by atoms with E-state index < -0.39 is 5.60 Å². The number of halogens is 1. The van der Waals surface area contributed by atoms with Gasteiger partial charge in [-0.15, -0.1) is 0 Å². The normalized spacial score (nSPS) is 32.2. The smallest absolute Gasteiger partial charge is 0.196 e. The number of nitrogens with two attached hydrogens (primary N) is 1. The molecule has 0 aromatic rings. The summed E-state index contributed by atoms with van der Waals surface area (Å²) < 4.78 is 14.0. The van der Waals surface area contributed by atoms with Crippen LogP contribution in [0.3, 0.4) is 0 Å². The van der Waals surface area contributed by atoms with Gasteiger partial charge in [0, 0.05) is 25.6 Å². The fraction of sp³-hybridized carbons (Fsp3) is 0.786. The Morgan fingerprint density at radius 1 is 1.55 bits per heavy atom. The number of hydrogen-bond acceptors (Lipinski definition) is 3. The van der Waals surface area contributed by atoms with Gasteiger partial charge in [-0.3, -0.25) is 0 Å². The lowest BCUT2D eigenvalue weighted by Crippen LogP contribution is -2.61. The Balaban J connectivity index is 2.09. The summed E-state index contributed by atoms with van der Waals surface area (Å²) in [4.78, 5) is 8.21. The van der Waals surface area contributed by atoms with Crippen LogP contribution in [0.15, 0.2) is 16.5 Å². The molecule has 0 bridgehead atoms. The zero-order chi connectivity index (χ0) is 15.1. The van der Waals surface area contributed by atoms with Crippen LogP contribution < -0.4 is 5.73 Å². The van der Waals surface area contributed by atoms with Gasteiger partial charge in [0.15, 0.2) is 5.96 Å². The SMILES string of the molecule is CC[C@@H]1CC(F)=C(/N=C(\N)N2CC(N(C)C)C2)C1(C)O. The molecule has 0 aromatic carbocycles. The van der Waals surface area contributed by atoms with Crippen LogP contribution in [0.5, 0.6) is 0 Å². The third kappa shape index (κ3) is 2.54. The summed E-state index contributed by atoms with van der Waals surface area (Å²) in [6, 6.07) is 0.454. The van der Waals surface area contributed by atoms with Gasteiger partial charge in [0.25, 0.3) is 0 Å². The second-order valence-electron chi connectivity index (χ2n) is 6.20. The van der Waals surface area contributed by atoms with Crippen molar-refractivity contribution in [2.24, 2.45) is 16.6 Å². The number of hydrogen-bond donors (Lipinski definition) is 2. The summed E-state index contributed by atoms with van der Waals surface area (Å²) in [5, 5.41) is 10.5. The molecular formula is C14H25FN4O. The number of rotatable bonds is 3. The molecule has 2 atom stereocenters. The molecule has 0 spiro atoms. The van der Waals surface area contributed by atoms with Crippen molar-refractivity contribution in [2.45, 2.75) is 38.3 Å². The zero-order valence-electron chi connectivity index (χ0n) is 12.7. The van der Waals surface area contributed by atoms with Crippen LogP contribution in [0.2, 0.25) is 0 Å². The monoisotopic (exact) mass is 284 g/mol. The number of aliphatic imine (C=N–C) groups is 1. The highest BCUT2D eigenvalue weighted by Gasteiger charge is 2.44. The molecule has 1 heterocycles. The number of guanidine groups is 1. The van der Waals surface area contributed by atoms with Crippen LogP contribution in [0.1, 0.15) is 26.7 Å². The van der Waals surface area contributed by atoms with Crippen LogP contribution in [0, 0.1) is 5.92 Å². The van der Waals surface area contributed by atoms with E-state index in [-0.39, 0.29) is 23.9 Å². The molecular weight excluding hydrogens is 259 g/mol. The molecule has 5 nitrogen and oxygen atoms in total. The topological polar surface area (TPSA) is 65.1 Å². The van der Waals surface area contributed by atoms with Crippen LogP contribution in [0.4, 0.5) is 4.39 Å². The van der Waals surface area contributed by atoms with Crippen molar-refractivity contribution in [3.63, 3.8) is 0 Å². The third-order valence-electron chi connectivity index (χ3n) is 4.59. The summed E-state index contributed by atoms with van der Waals surface area (Å²) in [7, 11) is 4.04. The third-order valence-corrected chi connectivity index (χ3v) is 4.59. The van der Waals surface area contributed by atoms with Crippen molar-refractivity contribution < 1.29 is 9.50 Å². The number of likely N-dealkylation sites (tertiary alicyclic amines) is 1. The van der Waals surface area contributed by atoms with Gasteiger partial charge < -0.3 is 20.6 Å². The molecule has 1 fully saturated rings. The van der Waals surface area contributed by atoms with Gasteiger partial charge in [-0.25, -0.2) is 9.38 Å². The maximum absolute atomic E-state index is 14.0. The first-order valence-electron chi connectivity index (χ1n) is 7.14. The van der Waals surface area contributed by atoms with E-state index in [1.165, 1.54) is 0 Å². The first kappa shape index (κ1) is 15.3. The molecule has 0 aromatic heterocycles. The number of likely N-dealkylation sites (N-methyl/N-ethyl adjacent to an activating group) is 1. The molecule has 1 saturated heterocycles. The van der Waals surface area contributed by atoms with Crippen molar-refractivity contribution in [3.8, 4) is 0 Å². The second kappa shape index (κ2) is 5.33. The Bertz CT molecular complexity index is 438. The lowest BCUT2D eigenvalue weighted by Gasteiger charge is -2.43. The molecule has 114 valence electrons. The van der Waals surface area contributed by atoms with Gasteiger partial charge >= 0.3 is 0 Å². The second-order valence-corrected chi connectivity index (χ2v) is 6.20. The first-order chi connectivity index (χ1) is 9.27. The van der Waals surface area contributed by atoms with E-state index in [4.69, 9.17) is 5.73 Å². The van der Waals surface area contributed by atoms with Crippen molar-refractivity contribution in [2.75, 3.05) is 27.2 Å². The van der Waals surface area contributed by atoms with E-state index in [0.717, 1.165) is 13.1 Å². The minimum absolute atomic E-state index is 0.107. The molecule has 1 unspecified atom stereocenters. The predicted molar refractivity (Wildman–Crippen MR) is 77.8 cm³/mol. The van der Waals surface area contributed by atoms with E-state index in [0.29, 0.717) is 18.4 Å². The fourth-order valence-corrected chi connectivity index (χ4v) is 2.85. The van der Waals surface area contributed by atoms with Crippen LogP contribution in [-0.4, -0.2) is 59.7 Å². The summed E-state index contributed by atoms with van der Waals surface area (Å²) in [6.45, 7) is 5.14. The van der Waals surface area contributed by atoms with Gasteiger partial charge in [-0.1, -0.05) is 6.92 Å².